The maximum absolute atomic E-state index is 13.6. The Morgan fingerprint density at radius 3 is 3.00 bits per heavy atom. The van der Waals surface area contributed by atoms with Crippen molar-refractivity contribution in [3.8, 4) is 0 Å². The molecule has 0 bridgehead atoms. The van der Waals surface area contributed by atoms with Crippen molar-refractivity contribution in [1.82, 2.24) is 4.90 Å². The molecule has 5 nitrogen and oxygen atoms in total. The fourth-order valence-electron chi connectivity index (χ4n) is 3.74. The first-order valence-corrected chi connectivity index (χ1v) is 10.00. The molecule has 0 radical (unpaired) electrons. The van der Waals surface area contributed by atoms with Gasteiger partial charge in [0.1, 0.15) is 5.82 Å². The van der Waals surface area contributed by atoms with E-state index in [4.69, 9.17) is 4.74 Å². The maximum atomic E-state index is 13.6. The van der Waals surface area contributed by atoms with Crippen molar-refractivity contribution in [2.75, 3.05) is 18.5 Å². The third-order valence-corrected chi connectivity index (χ3v) is 5.90. The summed E-state index contributed by atoms with van der Waals surface area (Å²) in [5.41, 5.74) is 1.06. The number of nitrogens with zero attached hydrogens (tertiary/aromatic N) is 1. The average molecular weight is 388 g/mol. The molecule has 7 heteroatoms. The molecule has 1 N–H and O–H groups in total. The topological polar surface area (TPSA) is 58.6 Å². The molecule has 4 rings (SSSR count). The Balaban J connectivity index is 1.61. The quantitative estimate of drug-likeness (QED) is 0.853. The number of carbonyl (C=O) groups excluding carboxylic acids is 2. The predicted molar refractivity (Wildman–Crippen MR) is 101 cm³/mol. The Labute approximate surface area is 161 Å². The average Bonchev–Trinajstić information content (AvgIpc) is 3.33. The summed E-state index contributed by atoms with van der Waals surface area (Å²) in [6.45, 7) is 1.72. The summed E-state index contributed by atoms with van der Waals surface area (Å²) in [4.78, 5) is 28.4. The van der Waals surface area contributed by atoms with Crippen LogP contribution in [0.25, 0.3) is 0 Å². The first kappa shape index (κ1) is 18.1. The van der Waals surface area contributed by atoms with Crippen molar-refractivity contribution in [2.24, 2.45) is 0 Å². The van der Waals surface area contributed by atoms with Crippen LogP contribution in [-0.2, 0) is 20.9 Å². The Hall–Kier alpha value is -2.25. The summed E-state index contributed by atoms with van der Waals surface area (Å²) in [5.74, 6) is -1.41. The van der Waals surface area contributed by atoms with Crippen LogP contribution in [0.15, 0.2) is 35.7 Å². The monoisotopic (exact) mass is 388 g/mol. The summed E-state index contributed by atoms with van der Waals surface area (Å²) in [7, 11) is 0. The van der Waals surface area contributed by atoms with E-state index in [2.05, 4.69) is 5.32 Å². The van der Waals surface area contributed by atoms with Crippen molar-refractivity contribution in [1.29, 1.82) is 0 Å². The zero-order valence-corrected chi connectivity index (χ0v) is 15.6. The summed E-state index contributed by atoms with van der Waals surface area (Å²) >= 11 is 1.60. The highest BCUT2D eigenvalue weighted by molar-refractivity contribution is 7.09. The van der Waals surface area contributed by atoms with Crippen LogP contribution in [0, 0.1) is 5.82 Å². The molecule has 0 aliphatic carbocycles. The number of fused-ring (bicyclic) bond motifs is 1. The van der Waals surface area contributed by atoms with E-state index in [0.29, 0.717) is 24.3 Å². The van der Waals surface area contributed by atoms with E-state index in [9.17, 15) is 14.0 Å². The van der Waals surface area contributed by atoms with Crippen LogP contribution in [0.1, 0.15) is 35.6 Å². The molecule has 1 saturated heterocycles. The molecular weight excluding hydrogens is 367 g/mol. The number of hydrogen-bond acceptors (Lipinski definition) is 4. The summed E-state index contributed by atoms with van der Waals surface area (Å²) in [6.07, 6.45) is 2.03. The molecule has 2 aromatic rings. The number of ether oxygens (including phenoxy) is 1. The maximum Gasteiger partial charge on any atom is 0.231 e. The van der Waals surface area contributed by atoms with Gasteiger partial charge in [0.25, 0.3) is 0 Å². The minimum Gasteiger partial charge on any atom is -0.376 e. The Bertz CT molecular complexity index is 834. The van der Waals surface area contributed by atoms with Gasteiger partial charge in [0.05, 0.1) is 18.6 Å². The molecule has 0 spiro atoms. The van der Waals surface area contributed by atoms with Crippen LogP contribution in [0.4, 0.5) is 10.1 Å². The molecule has 0 saturated carbocycles. The van der Waals surface area contributed by atoms with Crippen LogP contribution in [0.5, 0.6) is 0 Å². The molecule has 2 unspecified atom stereocenters. The number of nitrogens with one attached hydrogen (secondary N) is 1. The smallest absolute Gasteiger partial charge is 0.231 e. The van der Waals surface area contributed by atoms with Gasteiger partial charge in [-0.05, 0) is 42.0 Å². The lowest BCUT2D eigenvalue weighted by Crippen LogP contribution is -2.41. The third-order valence-electron chi connectivity index (χ3n) is 5.04. The van der Waals surface area contributed by atoms with Crippen LogP contribution < -0.4 is 5.32 Å². The number of thiophene rings is 1. The number of rotatable bonds is 5. The number of carbonyl (C=O) groups is 2. The van der Waals surface area contributed by atoms with Gasteiger partial charge >= 0.3 is 0 Å². The van der Waals surface area contributed by atoms with Gasteiger partial charge in [-0.1, -0.05) is 12.1 Å². The third kappa shape index (κ3) is 4.04. The van der Waals surface area contributed by atoms with E-state index < -0.39 is 11.7 Å². The second kappa shape index (κ2) is 7.78. The molecule has 3 heterocycles. The zero-order chi connectivity index (χ0) is 18.8. The van der Waals surface area contributed by atoms with Gasteiger partial charge in [0.2, 0.25) is 11.8 Å². The number of halogens is 1. The Kier molecular flexibility index (Phi) is 5.22. The largest absolute Gasteiger partial charge is 0.376 e. The Morgan fingerprint density at radius 1 is 1.37 bits per heavy atom. The molecule has 2 amide bonds. The first-order chi connectivity index (χ1) is 13.1. The summed E-state index contributed by atoms with van der Waals surface area (Å²) in [5, 5.41) is 4.65. The minimum absolute atomic E-state index is 0.0269. The molecule has 1 aromatic carbocycles. The standard InChI is InChI=1S/C20H21FN2O3S/c21-13-5-6-16-17(10-19(24)22-18(16)9-13)20(25)23(11-14-3-1-7-26-14)12-15-4-2-8-27-15/h2,4-6,8-9,14,17H,1,3,7,10-12H2,(H,22,24). The van der Waals surface area contributed by atoms with Gasteiger partial charge in [0.15, 0.2) is 0 Å². The number of amides is 2. The van der Waals surface area contributed by atoms with Gasteiger partial charge in [0, 0.05) is 30.1 Å². The van der Waals surface area contributed by atoms with Crippen molar-refractivity contribution in [3.63, 3.8) is 0 Å². The van der Waals surface area contributed by atoms with E-state index in [1.807, 2.05) is 17.5 Å². The highest BCUT2D eigenvalue weighted by Gasteiger charge is 2.35. The number of benzene rings is 1. The van der Waals surface area contributed by atoms with Crippen molar-refractivity contribution < 1.29 is 18.7 Å². The summed E-state index contributed by atoms with van der Waals surface area (Å²) in [6, 6.07) is 8.16. The van der Waals surface area contributed by atoms with E-state index >= 15 is 0 Å². The lowest BCUT2D eigenvalue weighted by molar-refractivity contribution is -0.137. The van der Waals surface area contributed by atoms with Crippen molar-refractivity contribution in [2.45, 2.75) is 37.8 Å². The van der Waals surface area contributed by atoms with Gasteiger partial charge < -0.3 is 15.0 Å². The van der Waals surface area contributed by atoms with Crippen LogP contribution in [-0.4, -0.2) is 36.0 Å². The lowest BCUT2D eigenvalue weighted by Gasteiger charge is -2.32. The fourth-order valence-corrected chi connectivity index (χ4v) is 4.45. The number of hydrogen-bond donors (Lipinski definition) is 1. The first-order valence-electron chi connectivity index (χ1n) is 9.12. The van der Waals surface area contributed by atoms with E-state index in [1.165, 1.54) is 12.1 Å². The van der Waals surface area contributed by atoms with Crippen molar-refractivity contribution in [3.05, 3.63) is 52.0 Å². The lowest BCUT2D eigenvalue weighted by atomic mass is 9.89. The molecule has 1 aromatic heterocycles. The van der Waals surface area contributed by atoms with Crippen LogP contribution in [0.3, 0.4) is 0 Å². The van der Waals surface area contributed by atoms with Crippen molar-refractivity contribution >= 4 is 28.8 Å². The molecule has 1 fully saturated rings. The van der Waals surface area contributed by atoms with Crippen LogP contribution in [0.2, 0.25) is 0 Å². The second-order valence-electron chi connectivity index (χ2n) is 6.97. The minimum atomic E-state index is -0.601. The van der Waals surface area contributed by atoms with Gasteiger partial charge in [-0.25, -0.2) is 4.39 Å². The molecule has 2 aliphatic heterocycles. The highest BCUT2D eigenvalue weighted by Crippen LogP contribution is 2.35. The fraction of sp³-hybridized carbons (Fsp3) is 0.400. The van der Waals surface area contributed by atoms with Gasteiger partial charge in [-0.15, -0.1) is 11.3 Å². The SMILES string of the molecule is O=C1CC(C(=O)N(Cc2cccs2)CC2CCCO2)c2ccc(F)cc2N1. The van der Waals surface area contributed by atoms with Crippen LogP contribution >= 0.6 is 11.3 Å². The molecule has 27 heavy (non-hydrogen) atoms. The molecular formula is C20H21FN2O3S. The van der Waals surface area contributed by atoms with E-state index in [0.717, 1.165) is 24.3 Å². The molecule has 2 aliphatic rings. The summed E-state index contributed by atoms with van der Waals surface area (Å²) < 4.78 is 19.3. The van der Waals surface area contributed by atoms with E-state index in [-0.39, 0.29) is 24.3 Å². The zero-order valence-electron chi connectivity index (χ0n) is 14.8. The highest BCUT2D eigenvalue weighted by atomic mass is 32.1. The van der Waals surface area contributed by atoms with Gasteiger partial charge in [-0.2, -0.15) is 0 Å². The Morgan fingerprint density at radius 2 is 2.26 bits per heavy atom. The van der Waals surface area contributed by atoms with E-state index in [1.54, 1.807) is 22.3 Å². The second-order valence-corrected chi connectivity index (χ2v) is 8.00. The van der Waals surface area contributed by atoms with Gasteiger partial charge in [-0.3, -0.25) is 9.59 Å². The molecule has 142 valence electrons. The number of anilines is 1. The molecule has 2 atom stereocenters. The normalized spacial score (nSPS) is 21.6. The predicted octanol–water partition coefficient (Wildman–Crippen LogP) is 3.52.